The molecule has 0 aliphatic rings. The number of alkyl halides is 1. The molecular weight excluding hydrogens is 319 g/mol. The number of halogens is 1. The molecule has 0 spiro atoms. The Bertz CT molecular complexity index is 293. The van der Waals surface area contributed by atoms with Crippen molar-refractivity contribution in [2.24, 2.45) is 0 Å². The second-order valence-electron chi connectivity index (χ2n) is 3.97. The van der Waals surface area contributed by atoms with E-state index >= 15 is 0 Å². The van der Waals surface area contributed by atoms with Crippen molar-refractivity contribution in [1.29, 1.82) is 0 Å². The molecule has 0 radical (unpaired) electrons. The monoisotopic (exact) mass is 342 g/mol. The Morgan fingerprint density at radius 2 is 1.82 bits per heavy atom. The lowest BCUT2D eigenvalue weighted by atomic mass is 10.1. The SMILES string of the molecule is CCCCC#CC#C/C=C\CCCCCCI. The predicted molar refractivity (Wildman–Crippen MR) is 86.2 cm³/mol. The quantitative estimate of drug-likeness (QED) is 0.248. The summed E-state index contributed by atoms with van der Waals surface area (Å²) in [5.74, 6) is 11.7. The molecule has 17 heavy (non-hydrogen) atoms. The first-order chi connectivity index (χ1) is 8.41. The molecule has 0 saturated carbocycles. The van der Waals surface area contributed by atoms with Crippen molar-refractivity contribution < 1.29 is 0 Å². The highest BCUT2D eigenvalue weighted by Crippen LogP contribution is 2.04. The maximum absolute atomic E-state index is 3.05. The van der Waals surface area contributed by atoms with E-state index in [1.807, 2.05) is 6.08 Å². The van der Waals surface area contributed by atoms with E-state index < -0.39 is 0 Å². The molecule has 0 aromatic rings. The van der Waals surface area contributed by atoms with Gasteiger partial charge in [0.2, 0.25) is 0 Å². The highest BCUT2D eigenvalue weighted by molar-refractivity contribution is 14.1. The second kappa shape index (κ2) is 15.6. The average molecular weight is 342 g/mol. The molecule has 1 heteroatoms. The van der Waals surface area contributed by atoms with Gasteiger partial charge in [0.05, 0.1) is 0 Å². The molecule has 0 nitrogen and oxygen atoms in total. The molecule has 94 valence electrons. The van der Waals surface area contributed by atoms with Crippen LogP contribution in [0.25, 0.3) is 0 Å². The molecule has 0 N–H and O–H groups in total. The highest BCUT2D eigenvalue weighted by atomic mass is 127. The van der Waals surface area contributed by atoms with Crippen LogP contribution in [0.5, 0.6) is 0 Å². The van der Waals surface area contributed by atoms with Crippen LogP contribution in [0, 0.1) is 23.7 Å². The van der Waals surface area contributed by atoms with Gasteiger partial charge in [-0.1, -0.05) is 66.7 Å². The van der Waals surface area contributed by atoms with Gasteiger partial charge in [-0.25, -0.2) is 0 Å². The molecule has 0 atom stereocenters. The summed E-state index contributed by atoms with van der Waals surface area (Å²) < 4.78 is 1.29. The largest absolute Gasteiger partial charge is 0.0891 e. The third-order valence-corrected chi connectivity index (χ3v) is 3.10. The summed E-state index contributed by atoms with van der Waals surface area (Å²) in [6.45, 7) is 2.18. The summed E-state index contributed by atoms with van der Waals surface area (Å²) in [6, 6.07) is 0. The molecule has 0 aromatic carbocycles. The molecule has 0 heterocycles. The molecular formula is C16H23I. The van der Waals surface area contributed by atoms with Crippen molar-refractivity contribution in [1.82, 2.24) is 0 Å². The standard InChI is InChI=1S/C16H23I/c1-2-3-4-5-6-7-8-9-10-11-12-13-14-15-16-17/h9-10H,2-4,11-16H2,1H3/b10-9-. The van der Waals surface area contributed by atoms with Crippen molar-refractivity contribution in [2.75, 3.05) is 4.43 Å². The molecule has 0 saturated heterocycles. The zero-order chi connectivity index (χ0) is 12.6. The van der Waals surface area contributed by atoms with Gasteiger partial charge in [-0.2, -0.15) is 0 Å². The van der Waals surface area contributed by atoms with Crippen LogP contribution in [-0.4, -0.2) is 4.43 Å². The zero-order valence-corrected chi connectivity index (χ0v) is 13.1. The van der Waals surface area contributed by atoms with E-state index in [9.17, 15) is 0 Å². The fourth-order valence-corrected chi connectivity index (χ4v) is 1.84. The van der Waals surface area contributed by atoms with Gasteiger partial charge < -0.3 is 0 Å². The van der Waals surface area contributed by atoms with Crippen LogP contribution in [0.1, 0.15) is 58.3 Å². The maximum Gasteiger partial charge on any atom is 0.00988 e. The molecule has 0 rings (SSSR count). The van der Waals surface area contributed by atoms with E-state index in [4.69, 9.17) is 0 Å². The molecule has 0 unspecified atom stereocenters. The first-order valence-corrected chi connectivity index (χ1v) is 8.13. The third-order valence-electron chi connectivity index (χ3n) is 2.33. The number of unbranched alkanes of at least 4 members (excludes halogenated alkanes) is 6. The Balaban J connectivity index is 3.39. The Hall–Kier alpha value is -0.410. The summed E-state index contributed by atoms with van der Waals surface area (Å²) in [5, 5.41) is 0. The van der Waals surface area contributed by atoms with E-state index in [1.165, 1.54) is 43.0 Å². The van der Waals surface area contributed by atoms with E-state index in [-0.39, 0.29) is 0 Å². The smallest absolute Gasteiger partial charge is 0.00988 e. The van der Waals surface area contributed by atoms with E-state index in [0.717, 1.165) is 12.8 Å². The van der Waals surface area contributed by atoms with Gasteiger partial charge in [-0.3, -0.25) is 0 Å². The van der Waals surface area contributed by atoms with E-state index in [2.05, 4.69) is 59.3 Å². The summed E-state index contributed by atoms with van der Waals surface area (Å²) in [6.07, 6.45) is 14.0. The molecule has 0 bridgehead atoms. The lowest BCUT2D eigenvalue weighted by molar-refractivity contribution is 0.681. The van der Waals surface area contributed by atoms with Crippen LogP contribution < -0.4 is 0 Å². The minimum absolute atomic E-state index is 0.978. The van der Waals surface area contributed by atoms with Crippen molar-refractivity contribution in [3.63, 3.8) is 0 Å². The van der Waals surface area contributed by atoms with Gasteiger partial charge in [-0.05, 0) is 48.0 Å². The first kappa shape index (κ1) is 16.6. The van der Waals surface area contributed by atoms with Crippen molar-refractivity contribution >= 4 is 22.6 Å². The van der Waals surface area contributed by atoms with Crippen LogP contribution in [0.2, 0.25) is 0 Å². The number of allylic oxidation sites excluding steroid dienone is 2. The average Bonchev–Trinajstić information content (AvgIpc) is 2.35. The van der Waals surface area contributed by atoms with Gasteiger partial charge in [0.25, 0.3) is 0 Å². The first-order valence-electron chi connectivity index (χ1n) is 6.61. The second-order valence-corrected chi connectivity index (χ2v) is 5.05. The van der Waals surface area contributed by atoms with Crippen molar-refractivity contribution in [3.05, 3.63) is 12.2 Å². The van der Waals surface area contributed by atoms with E-state index in [0.29, 0.717) is 0 Å². The molecule has 0 fully saturated rings. The van der Waals surface area contributed by atoms with Crippen LogP contribution >= 0.6 is 22.6 Å². The lowest BCUT2D eigenvalue weighted by Crippen LogP contribution is -1.77. The Labute approximate surface area is 121 Å². The molecule has 0 amide bonds. The third kappa shape index (κ3) is 15.6. The highest BCUT2D eigenvalue weighted by Gasteiger charge is 1.85. The van der Waals surface area contributed by atoms with Crippen LogP contribution in [0.15, 0.2) is 12.2 Å². The minimum atomic E-state index is 0.978. The number of rotatable bonds is 8. The predicted octanol–water partition coefficient (Wildman–Crippen LogP) is 5.13. The lowest BCUT2D eigenvalue weighted by Gasteiger charge is -1.94. The van der Waals surface area contributed by atoms with Gasteiger partial charge >= 0.3 is 0 Å². The summed E-state index contributed by atoms with van der Waals surface area (Å²) in [7, 11) is 0. The van der Waals surface area contributed by atoms with Crippen molar-refractivity contribution in [3.8, 4) is 23.7 Å². The summed E-state index contributed by atoms with van der Waals surface area (Å²) >= 11 is 2.44. The summed E-state index contributed by atoms with van der Waals surface area (Å²) in [4.78, 5) is 0. The van der Waals surface area contributed by atoms with Crippen molar-refractivity contribution in [2.45, 2.75) is 58.3 Å². The van der Waals surface area contributed by atoms with Gasteiger partial charge in [0, 0.05) is 6.42 Å². The van der Waals surface area contributed by atoms with Crippen LogP contribution in [0.4, 0.5) is 0 Å². The fraction of sp³-hybridized carbons (Fsp3) is 0.625. The van der Waals surface area contributed by atoms with Gasteiger partial charge in [0.15, 0.2) is 0 Å². The fourth-order valence-electron chi connectivity index (χ4n) is 1.30. The maximum atomic E-state index is 3.05. The Morgan fingerprint density at radius 3 is 2.59 bits per heavy atom. The molecule has 0 aliphatic heterocycles. The topological polar surface area (TPSA) is 0 Å². The molecule has 0 aromatic heterocycles. The van der Waals surface area contributed by atoms with Crippen LogP contribution in [-0.2, 0) is 0 Å². The number of hydrogen-bond acceptors (Lipinski definition) is 0. The molecule has 0 aliphatic carbocycles. The zero-order valence-electron chi connectivity index (χ0n) is 10.9. The summed E-state index contributed by atoms with van der Waals surface area (Å²) in [5.41, 5.74) is 0. The Morgan fingerprint density at radius 1 is 1.00 bits per heavy atom. The van der Waals surface area contributed by atoms with Gasteiger partial charge in [0.1, 0.15) is 0 Å². The normalized spacial score (nSPS) is 9.53. The van der Waals surface area contributed by atoms with Crippen LogP contribution in [0.3, 0.4) is 0 Å². The number of hydrogen-bond donors (Lipinski definition) is 0. The van der Waals surface area contributed by atoms with E-state index in [1.54, 1.807) is 0 Å². The minimum Gasteiger partial charge on any atom is -0.0891 e. The van der Waals surface area contributed by atoms with Gasteiger partial charge in [-0.15, -0.1) is 0 Å². The Kier molecular flexibility index (Phi) is 15.2.